The average Bonchev–Trinajstić information content (AvgIpc) is 2.78. The van der Waals surface area contributed by atoms with Gasteiger partial charge in [-0.15, -0.1) is 0 Å². The van der Waals surface area contributed by atoms with Gasteiger partial charge in [-0.2, -0.15) is 13.2 Å². The molecule has 25 heavy (non-hydrogen) atoms. The Hall–Kier alpha value is -2.31. The van der Waals surface area contributed by atoms with Crippen molar-refractivity contribution in [2.45, 2.75) is 32.9 Å². The van der Waals surface area contributed by atoms with Gasteiger partial charge >= 0.3 is 12.1 Å². The molecule has 0 aromatic heterocycles. The number of benzene rings is 1. The van der Waals surface area contributed by atoms with Crippen LogP contribution in [0.15, 0.2) is 36.0 Å². The third kappa shape index (κ3) is 5.08. The number of halogens is 3. The van der Waals surface area contributed by atoms with Crippen LogP contribution in [0.5, 0.6) is 0 Å². The molecule has 1 fully saturated rings. The van der Waals surface area contributed by atoms with E-state index in [0.717, 1.165) is 30.0 Å². The average molecular weight is 355 g/mol. The number of allylic oxidation sites excluding steroid dienone is 2. The number of carbonyl (C=O) groups is 2. The second-order valence-corrected chi connectivity index (χ2v) is 6.98. The molecule has 136 valence electrons. The lowest BCUT2D eigenvalue weighted by atomic mass is 9.92. The van der Waals surface area contributed by atoms with Gasteiger partial charge in [-0.25, -0.2) is 0 Å². The molecular formula is C18H20F3NO3. The Morgan fingerprint density at radius 2 is 1.84 bits per heavy atom. The molecule has 0 saturated carbocycles. The number of ketones is 1. The number of rotatable bonds is 5. The van der Waals surface area contributed by atoms with Crippen LogP contribution in [0.1, 0.15) is 42.6 Å². The van der Waals surface area contributed by atoms with Crippen LogP contribution in [-0.2, 0) is 11.0 Å². The summed E-state index contributed by atoms with van der Waals surface area (Å²) >= 11 is 0. The van der Waals surface area contributed by atoms with Gasteiger partial charge < -0.3 is 10.0 Å². The highest BCUT2D eigenvalue weighted by Gasteiger charge is 2.33. The number of hydrogen-bond donors (Lipinski definition) is 1. The fraction of sp³-hybridized carbons (Fsp3) is 0.444. The first-order chi connectivity index (χ1) is 11.5. The molecule has 2 rings (SSSR count). The van der Waals surface area contributed by atoms with Gasteiger partial charge in [0, 0.05) is 30.4 Å². The number of carboxylic acids is 1. The molecule has 0 bridgehead atoms. The smallest absolute Gasteiger partial charge is 0.416 e. The van der Waals surface area contributed by atoms with Crippen molar-refractivity contribution in [2.24, 2.45) is 5.41 Å². The van der Waals surface area contributed by atoms with Crippen molar-refractivity contribution in [3.8, 4) is 0 Å². The second kappa shape index (κ2) is 6.90. The number of alkyl halides is 3. The zero-order valence-electron chi connectivity index (χ0n) is 14.1. The number of carboxylic acid groups (broad SMARTS) is 1. The maximum atomic E-state index is 12.6. The first-order valence-electron chi connectivity index (χ1n) is 7.87. The Bertz CT molecular complexity index is 691. The summed E-state index contributed by atoms with van der Waals surface area (Å²) in [5.74, 6) is -1.31. The number of hydrogen-bond acceptors (Lipinski definition) is 3. The Balaban J connectivity index is 2.18. The maximum Gasteiger partial charge on any atom is 0.416 e. The van der Waals surface area contributed by atoms with Crippen LogP contribution in [0.3, 0.4) is 0 Å². The molecule has 0 spiro atoms. The van der Waals surface area contributed by atoms with Crippen LogP contribution >= 0.6 is 0 Å². The monoisotopic (exact) mass is 355 g/mol. The standard InChI is InChI=1S/C18H20F3NO3/c1-17(2)10-14(22(11-17)8-7-16(24)25)9-15(23)12-3-5-13(6-4-12)18(19,20)21/h3-6,9H,7-8,10-11H2,1-2H3,(H,24,25)/b14-9+. The summed E-state index contributed by atoms with van der Waals surface area (Å²) in [6, 6.07) is 4.08. The molecule has 0 radical (unpaired) electrons. The number of nitrogens with zero attached hydrogens (tertiary/aromatic N) is 1. The Labute approximate surface area is 143 Å². The molecule has 1 heterocycles. The highest BCUT2D eigenvalue weighted by atomic mass is 19.4. The summed E-state index contributed by atoms with van der Waals surface area (Å²) in [4.78, 5) is 25.0. The molecule has 0 unspecified atom stereocenters. The largest absolute Gasteiger partial charge is 0.481 e. The topological polar surface area (TPSA) is 57.6 Å². The van der Waals surface area contributed by atoms with E-state index in [1.54, 1.807) is 0 Å². The molecule has 1 aromatic carbocycles. The van der Waals surface area contributed by atoms with Gasteiger partial charge in [-0.1, -0.05) is 26.0 Å². The van der Waals surface area contributed by atoms with Gasteiger partial charge in [0.15, 0.2) is 5.78 Å². The van der Waals surface area contributed by atoms with E-state index in [1.807, 2.05) is 18.7 Å². The zero-order chi connectivity index (χ0) is 18.8. The Morgan fingerprint density at radius 1 is 1.24 bits per heavy atom. The minimum Gasteiger partial charge on any atom is -0.481 e. The van der Waals surface area contributed by atoms with Gasteiger partial charge in [0.25, 0.3) is 0 Å². The Kier molecular flexibility index (Phi) is 5.25. The van der Waals surface area contributed by atoms with Crippen LogP contribution < -0.4 is 0 Å². The third-order valence-electron chi connectivity index (χ3n) is 4.07. The third-order valence-corrected chi connectivity index (χ3v) is 4.07. The summed E-state index contributed by atoms with van der Waals surface area (Å²) in [5, 5.41) is 8.84. The van der Waals surface area contributed by atoms with E-state index in [2.05, 4.69) is 0 Å². The van der Waals surface area contributed by atoms with Crippen molar-refractivity contribution >= 4 is 11.8 Å². The summed E-state index contributed by atoms with van der Waals surface area (Å²) in [6.07, 6.45) is -2.47. The van der Waals surface area contributed by atoms with Crippen LogP contribution in [-0.4, -0.2) is 34.8 Å². The van der Waals surface area contributed by atoms with Gasteiger partial charge in [0.2, 0.25) is 0 Å². The molecule has 0 aliphatic carbocycles. The summed E-state index contributed by atoms with van der Waals surface area (Å²) < 4.78 is 37.8. The molecule has 7 heteroatoms. The molecule has 1 aliphatic rings. The van der Waals surface area contributed by atoms with Crippen LogP contribution in [0, 0.1) is 5.41 Å². The van der Waals surface area contributed by atoms with E-state index in [1.165, 1.54) is 6.08 Å². The second-order valence-electron chi connectivity index (χ2n) is 6.98. The lowest BCUT2D eigenvalue weighted by Gasteiger charge is -2.21. The van der Waals surface area contributed by atoms with Crippen molar-refractivity contribution < 1.29 is 27.9 Å². The molecule has 1 N–H and O–H groups in total. The van der Waals surface area contributed by atoms with Crippen molar-refractivity contribution in [1.29, 1.82) is 0 Å². The maximum absolute atomic E-state index is 12.6. The summed E-state index contributed by atoms with van der Waals surface area (Å²) in [5.41, 5.74) is -0.00794. The summed E-state index contributed by atoms with van der Waals surface area (Å²) in [6.45, 7) is 4.96. The van der Waals surface area contributed by atoms with E-state index >= 15 is 0 Å². The Morgan fingerprint density at radius 3 is 2.36 bits per heavy atom. The molecule has 0 atom stereocenters. The summed E-state index contributed by atoms with van der Waals surface area (Å²) in [7, 11) is 0. The van der Waals surface area contributed by atoms with Crippen molar-refractivity contribution in [3.63, 3.8) is 0 Å². The van der Waals surface area contributed by atoms with Crippen molar-refractivity contribution in [1.82, 2.24) is 4.90 Å². The minimum atomic E-state index is -4.44. The lowest BCUT2D eigenvalue weighted by molar-refractivity contribution is -0.138. The highest BCUT2D eigenvalue weighted by Crippen LogP contribution is 2.36. The van der Waals surface area contributed by atoms with Gasteiger partial charge in [0.05, 0.1) is 12.0 Å². The van der Waals surface area contributed by atoms with E-state index in [0.29, 0.717) is 19.5 Å². The van der Waals surface area contributed by atoms with Gasteiger partial charge in [-0.05, 0) is 24.0 Å². The minimum absolute atomic E-state index is 0.0398. The van der Waals surface area contributed by atoms with Crippen LogP contribution in [0.2, 0.25) is 0 Å². The first kappa shape index (κ1) is 19.0. The predicted octanol–water partition coefficient (Wildman–Crippen LogP) is 3.98. The van der Waals surface area contributed by atoms with E-state index < -0.39 is 17.7 Å². The zero-order valence-corrected chi connectivity index (χ0v) is 14.1. The van der Waals surface area contributed by atoms with Gasteiger partial charge in [-0.3, -0.25) is 9.59 Å². The molecule has 1 aromatic rings. The fourth-order valence-corrected chi connectivity index (χ4v) is 2.93. The fourth-order valence-electron chi connectivity index (χ4n) is 2.93. The van der Waals surface area contributed by atoms with E-state index in [-0.39, 0.29) is 23.2 Å². The van der Waals surface area contributed by atoms with E-state index in [4.69, 9.17) is 5.11 Å². The van der Waals surface area contributed by atoms with Crippen molar-refractivity contribution in [2.75, 3.05) is 13.1 Å². The quantitative estimate of drug-likeness (QED) is 0.641. The lowest BCUT2D eigenvalue weighted by Crippen LogP contribution is -2.25. The highest BCUT2D eigenvalue weighted by molar-refractivity contribution is 6.04. The molecule has 0 amide bonds. The van der Waals surface area contributed by atoms with Crippen LogP contribution in [0.4, 0.5) is 13.2 Å². The van der Waals surface area contributed by atoms with Gasteiger partial charge in [0.1, 0.15) is 0 Å². The molecule has 1 saturated heterocycles. The molecular weight excluding hydrogens is 335 g/mol. The van der Waals surface area contributed by atoms with Crippen LogP contribution in [0.25, 0.3) is 0 Å². The molecule has 4 nitrogen and oxygen atoms in total. The first-order valence-corrected chi connectivity index (χ1v) is 7.87. The molecule has 1 aliphatic heterocycles. The van der Waals surface area contributed by atoms with Crippen molar-refractivity contribution in [3.05, 3.63) is 47.2 Å². The number of likely N-dealkylation sites (tertiary alicyclic amines) is 1. The SMILES string of the molecule is CC1(C)C/C(=C\C(=O)c2ccc(C(F)(F)F)cc2)N(CCC(=O)O)C1. The number of carbonyl (C=O) groups excluding carboxylic acids is 1. The predicted molar refractivity (Wildman–Crippen MR) is 86.1 cm³/mol. The normalized spacial score (nSPS) is 18.6. The van der Waals surface area contributed by atoms with E-state index in [9.17, 15) is 22.8 Å². The number of aliphatic carboxylic acids is 1.